The van der Waals surface area contributed by atoms with Crippen molar-refractivity contribution < 1.29 is 4.79 Å². The van der Waals surface area contributed by atoms with Gasteiger partial charge < -0.3 is 10.6 Å². The molecule has 2 N–H and O–H groups in total. The van der Waals surface area contributed by atoms with E-state index in [-0.39, 0.29) is 11.9 Å². The summed E-state index contributed by atoms with van der Waals surface area (Å²) in [7, 11) is 0. The van der Waals surface area contributed by atoms with E-state index in [1.54, 1.807) is 30.3 Å². The largest absolute Gasteiger partial charge is 0.352 e. The molecule has 0 aliphatic rings. The summed E-state index contributed by atoms with van der Waals surface area (Å²) < 4.78 is 0. The zero-order valence-electron chi connectivity index (χ0n) is 12.1. The Morgan fingerprint density at radius 1 is 1.24 bits per heavy atom. The minimum atomic E-state index is -0.319. The van der Waals surface area contributed by atoms with Crippen LogP contribution < -0.4 is 10.6 Å². The third kappa shape index (κ3) is 4.16. The molecule has 2 aromatic rings. The van der Waals surface area contributed by atoms with Crippen LogP contribution in [0.15, 0.2) is 30.3 Å². The number of aromatic nitrogens is 2. The number of aryl methyl sites for hydroxylation is 1. The van der Waals surface area contributed by atoms with Crippen molar-refractivity contribution in [2.45, 2.75) is 26.8 Å². The highest BCUT2D eigenvalue weighted by Gasteiger charge is 2.12. The summed E-state index contributed by atoms with van der Waals surface area (Å²) in [6, 6.07) is 8.88. The number of amides is 1. The number of rotatable bonds is 4. The number of para-hydroxylation sites is 1. The van der Waals surface area contributed by atoms with E-state index >= 15 is 0 Å². The standard InChI is InChI=1S/C15H17ClN4O/c1-9(2)17-15-18-10(3)8-13(20-15)14(21)19-12-7-5-4-6-11(12)16/h4-9H,1-3H3,(H,19,21)(H,17,18,20). The van der Waals surface area contributed by atoms with Crippen LogP contribution in [0.2, 0.25) is 5.02 Å². The molecule has 0 fully saturated rings. The number of nitrogens with one attached hydrogen (secondary N) is 2. The number of hydrogen-bond donors (Lipinski definition) is 2. The molecular weight excluding hydrogens is 288 g/mol. The molecule has 1 aromatic carbocycles. The van der Waals surface area contributed by atoms with Crippen LogP contribution in [-0.2, 0) is 0 Å². The first-order valence-electron chi connectivity index (χ1n) is 6.64. The lowest BCUT2D eigenvalue weighted by atomic mass is 10.3. The average molecular weight is 305 g/mol. The molecule has 1 heterocycles. The van der Waals surface area contributed by atoms with Crippen LogP contribution in [0, 0.1) is 6.92 Å². The second kappa shape index (κ2) is 6.54. The van der Waals surface area contributed by atoms with Gasteiger partial charge in [0, 0.05) is 11.7 Å². The minimum Gasteiger partial charge on any atom is -0.352 e. The second-order valence-electron chi connectivity index (χ2n) is 4.95. The molecule has 0 aliphatic heterocycles. The van der Waals surface area contributed by atoms with E-state index in [0.29, 0.717) is 22.4 Å². The fourth-order valence-corrected chi connectivity index (χ4v) is 1.94. The van der Waals surface area contributed by atoms with E-state index < -0.39 is 0 Å². The van der Waals surface area contributed by atoms with Crippen LogP contribution in [0.4, 0.5) is 11.6 Å². The summed E-state index contributed by atoms with van der Waals surface area (Å²) in [6.07, 6.45) is 0. The summed E-state index contributed by atoms with van der Waals surface area (Å²) in [5, 5.41) is 6.32. The third-order valence-electron chi connectivity index (χ3n) is 2.63. The molecule has 0 saturated carbocycles. The Morgan fingerprint density at radius 2 is 1.95 bits per heavy atom. The molecule has 1 aromatic heterocycles. The Kier molecular flexibility index (Phi) is 4.75. The van der Waals surface area contributed by atoms with Crippen molar-refractivity contribution in [3.05, 3.63) is 46.7 Å². The van der Waals surface area contributed by atoms with E-state index in [1.165, 1.54) is 0 Å². The van der Waals surface area contributed by atoms with E-state index in [1.807, 2.05) is 20.8 Å². The first-order valence-corrected chi connectivity index (χ1v) is 7.01. The lowest BCUT2D eigenvalue weighted by Gasteiger charge is -2.11. The molecule has 0 atom stereocenters. The maximum absolute atomic E-state index is 12.3. The van der Waals surface area contributed by atoms with Gasteiger partial charge in [-0.1, -0.05) is 23.7 Å². The van der Waals surface area contributed by atoms with Crippen molar-refractivity contribution in [2.75, 3.05) is 10.6 Å². The highest BCUT2D eigenvalue weighted by Crippen LogP contribution is 2.21. The van der Waals surface area contributed by atoms with E-state index in [4.69, 9.17) is 11.6 Å². The van der Waals surface area contributed by atoms with Gasteiger partial charge in [-0.05, 0) is 39.0 Å². The zero-order chi connectivity index (χ0) is 15.4. The number of hydrogen-bond acceptors (Lipinski definition) is 4. The molecule has 0 spiro atoms. The Morgan fingerprint density at radius 3 is 2.62 bits per heavy atom. The maximum atomic E-state index is 12.3. The van der Waals surface area contributed by atoms with Crippen molar-refractivity contribution in [1.29, 1.82) is 0 Å². The Balaban J connectivity index is 2.23. The van der Waals surface area contributed by atoms with Gasteiger partial charge in [-0.2, -0.15) is 0 Å². The van der Waals surface area contributed by atoms with Gasteiger partial charge in [0.1, 0.15) is 5.69 Å². The smallest absolute Gasteiger partial charge is 0.274 e. The number of carbonyl (C=O) groups excluding carboxylic acids is 1. The summed E-state index contributed by atoms with van der Waals surface area (Å²) in [5.41, 5.74) is 1.57. The lowest BCUT2D eigenvalue weighted by molar-refractivity contribution is 0.102. The molecule has 5 nitrogen and oxygen atoms in total. The van der Waals surface area contributed by atoms with E-state index in [2.05, 4.69) is 20.6 Å². The lowest BCUT2D eigenvalue weighted by Crippen LogP contribution is -2.18. The van der Waals surface area contributed by atoms with Gasteiger partial charge >= 0.3 is 0 Å². The predicted molar refractivity (Wildman–Crippen MR) is 84.9 cm³/mol. The van der Waals surface area contributed by atoms with Gasteiger partial charge in [-0.3, -0.25) is 4.79 Å². The maximum Gasteiger partial charge on any atom is 0.274 e. The van der Waals surface area contributed by atoms with Crippen molar-refractivity contribution in [3.63, 3.8) is 0 Å². The number of benzene rings is 1. The fraction of sp³-hybridized carbons (Fsp3) is 0.267. The summed E-state index contributed by atoms with van der Waals surface area (Å²) in [6.45, 7) is 5.78. The molecule has 0 radical (unpaired) electrons. The first-order chi connectivity index (χ1) is 9.95. The summed E-state index contributed by atoms with van der Waals surface area (Å²) >= 11 is 6.03. The van der Waals surface area contributed by atoms with Gasteiger partial charge in [0.05, 0.1) is 10.7 Å². The van der Waals surface area contributed by atoms with Crippen LogP contribution in [0.1, 0.15) is 30.0 Å². The van der Waals surface area contributed by atoms with E-state index in [0.717, 1.165) is 5.69 Å². The number of halogens is 1. The SMILES string of the molecule is Cc1cc(C(=O)Nc2ccccc2Cl)nc(NC(C)C)n1. The zero-order valence-corrected chi connectivity index (χ0v) is 12.9. The van der Waals surface area contributed by atoms with Gasteiger partial charge in [-0.25, -0.2) is 9.97 Å². The molecule has 0 aliphatic carbocycles. The quantitative estimate of drug-likeness (QED) is 0.907. The van der Waals surface area contributed by atoms with Crippen LogP contribution >= 0.6 is 11.6 Å². The van der Waals surface area contributed by atoms with Gasteiger partial charge in [0.25, 0.3) is 5.91 Å². The Hall–Kier alpha value is -2.14. The normalized spacial score (nSPS) is 10.5. The molecule has 2 rings (SSSR count). The summed E-state index contributed by atoms with van der Waals surface area (Å²) in [4.78, 5) is 20.7. The Labute approximate surface area is 128 Å². The monoisotopic (exact) mass is 304 g/mol. The topological polar surface area (TPSA) is 66.9 Å². The van der Waals surface area contributed by atoms with Crippen LogP contribution in [-0.4, -0.2) is 21.9 Å². The van der Waals surface area contributed by atoms with Crippen molar-refractivity contribution in [2.24, 2.45) is 0 Å². The first kappa shape index (κ1) is 15.3. The molecule has 0 saturated heterocycles. The second-order valence-corrected chi connectivity index (χ2v) is 5.36. The van der Waals surface area contributed by atoms with Crippen LogP contribution in [0.3, 0.4) is 0 Å². The molecular formula is C15H17ClN4O. The van der Waals surface area contributed by atoms with Crippen LogP contribution in [0.5, 0.6) is 0 Å². The van der Waals surface area contributed by atoms with Crippen molar-refractivity contribution in [1.82, 2.24) is 9.97 Å². The highest BCUT2D eigenvalue weighted by atomic mass is 35.5. The fourth-order valence-electron chi connectivity index (χ4n) is 1.76. The average Bonchev–Trinajstić information content (AvgIpc) is 2.40. The highest BCUT2D eigenvalue weighted by molar-refractivity contribution is 6.33. The van der Waals surface area contributed by atoms with Crippen molar-refractivity contribution >= 4 is 29.1 Å². The summed E-state index contributed by atoms with van der Waals surface area (Å²) in [5.74, 6) is 0.120. The predicted octanol–water partition coefficient (Wildman–Crippen LogP) is 3.51. The molecule has 6 heteroatoms. The van der Waals surface area contributed by atoms with E-state index in [9.17, 15) is 4.79 Å². The van der Waals surface area contributed by atoms with Gasteiger partial charge in [0.15, 0.2) is 0 Å². The molecule has 110 valence electrons. The number of nitrogens with zero attached hydrogens (tertiary/aromatic N) is 2. The minimum absolute atomic E-state index is 0.186. The van der Waals surface area contributed by atoms with Crippen LogP contribution in [0.25, 0.3) is 0 Å². The van der Waals surface area contributed by atoms with Gasteiger partial charge in [-0.15, -0.1) is 0 Å². The molecule has 21 heavy (non-hydrogen) atoms. The third-order valence-corrected chi connectivity index (χ3v) is 2.96. The number of anilines is 2. The van der Waals surface area contributed by atoms with Crippen molar-refractivity contribution in [3.8, 4) is 0 Å². The number of carbonyl (C=O) groups is 1. The molecule has 0 bridgehead atoms. The van der Waals surface area contributed by atoms with Gasteiger partial charge in [0.2, 0.25) is 5.95 Å². The molecule has 1 amide bonds. The molecule has 0 unspecified atom stereocenters. The Bertz CT molecular complexity index is 658.